The summed E-state index contributed by atoms with van der Waals surface area (Å²) < 4.78 is 76.3. The summed E-state index contributed by atoms with van der Waals surface area (Å²) in [7, 11) is -2.33. The Kier molecular flexibility index (Phi) is 14.8. The van der Waals surface area contributed by atoms with Gasteiger partial charge in [0.2, 0.25) is 23.7 Å². The number of pyridine rings is 1. The maximum Gasteiger partial charge on any atom is 0.586 e. The zero-order valence-corrected chi connectivity index (χ0v) is 44.0. The smallest absolute Gasteiger partial charge is 0.467 e. The molecule has 4 aliphatic rings. The zero-order valence-electron chi connectivity index (χ0n) is 42.4. The highest BCUT2D eigenvalue weighted by Gasteiger charge is 2.47. The summed E-state index contributed by atoms with van der Waals surface area (Å²) in [6.07, 6.45) is 0.107. The average molecular weight is 1090 g/mol. The number of halogens is 3. The number of sulfone groups is 1. The molecule has 2 atom stereocenters. The summed E-state index contributed by atoms with van der Waals surface area (Å²) in [4.78, 5) is 74.1. The molecule has 0 saturated carbocycles. The van der Waals surface area contributed by atoms with Gasteiger partial charge in [0.1, 0.15) is 6.04 Å². The molecule has 0 bridgehead atoms. The number of hydrogen-bond acceptors (Lipinski definition) is 19. The SMILES string of the molecule is COc1nc(Nc2cc(S(C)(=O)=O)ccc2N[C@@H](c2cccc3c2OC(F)(F)O3)c2ncccc2Cl)nc(N2CCN(C(C)(C)CCOC(C)(C)CCNc3ccc4c(c3)C(=O)N(C3CCC(=O)NC3=O)C4=O)CC2)n1. The lowest BCUT2D eigenvalue weighted by atomic mass is 9.97. The molecule has 0 radical (unpaired) electrons. The highest BCUT2D eigenvalue weighted by Crippen LogP contribution is 2.48. The Labute approximate surface area is 441 Å². The molecule has 2 aromatic heterocycles. The van der Waals surface area contributed by atoms with Gasteiger partial charge in [0, 0.05) is 75.0 Å². The number of piperazine rings is 1. The molecule has 21 nitrogen and oxygen atoms in total. The van der Waals surface area contributed by atoms with E-state index in [9.17, 15) is 36.4 Å². The Bertz CT molecular complexity index is 3220. The van der Waals surface area contributed by atoms with Crippen LogP contribution in [0.3, 0.4) is 0 Å². The lowest BCUT2D eigenvalue weighted by Crippen LogP contribution is -2.55. The minimum Gasteiger partial charge on any atom is -0.467 e. The third-order valence-electron chi connectivity index (χ3n) is 13.7. The second-order valence-electron chi connectivity index (χ2n) is 19.9. The molecule has 402 valence electrons. The number of carbonyl (C=O) groups excluding carboxylic acids is 4. The molecule has 1 unspecified atom stereocenters. The largest absolute Gasteiger partial charge is 0.586 e. The van der Waals surface area contributed by atoms with Crippen molar-refractivity contribution in [3.8, 4) is 17.5 Å². The number of para-hydroxylation sites is 1. The van der Waals surface area contributed by atoms with Crippen LogP contribution in [0.2, 0.25) is 5.02 Å². The standard InChI is InChI=1S/C51H56ClF2N11O10S/c1-49(2,19-26-73-50(3,4)18-21-55-29-12-14-31-33(27-29)45(69)65(44(31)68)37-16-17-39(66)59-43(37)67)64-24-22-63(23-25-64)47-60-46(61-48(62-47)72-5)58-36-28-30(76(6,70)71)13-15-35(36)57-40(41-34(52)10-8-20-56-41)32-9-7-11-38-42(32)75-51(53,54)74-38/h7-15,20,27-28,37,40,55,57H,16-19,21-26H2,1-6H3,(H,59,66,67)(H,58,60,61,62)/t37?,40-/m0/s1. The molecule has 4 N–H and O–H groups in total. The van der Waals surface area contributed by atoms with Crippen molar-refractivity contribution >= 4 is 74.0 Å². The maximum atomic E-state index is 14.5. The molecule has 5 aromatic rings. The fraction of sp³-hybridized carbons (Fsp3) is 0.412. The van der Waals surface area contributed by atoms with E-state index >= 15 is 0 Å². The summed E-state index contributed by atoms with van der Waals surface area (Å²) in [6.45, 7) is 11.7. The zero-order chi connectivity index (χ0) is 54.3. The predicted molar refractivity (Wildman–Crippen MR) is 275 cm³/mol. The van der Waals surface area contributed by atoms with Gasteiger partial charge in [-0.05, 0) is 102 Å². The second kappa shape index (κ2) is 21.0. The van der Waals surface area contributed by atoms with Crippen LogP contribution in [-0.4, -0.2) is 138 Å². The number of fused-ring (bicyclic) bond motifs is 2. The van der Waals surface area contributed by atoms with E-state index in [0.717, 1.165) is 17.6 Å². The van der Waals surface area contributed by atoms with E-state index in [1.165, 1.54) is 43.6 Å². The Balaban J connectivity index is 0.824. The molecule has 4 amide bonds. The van der Waals surface area contributed by atoms with Crippen LogP contribution in [0.5, 0.6) is 17.5 Å². The number of anilines is 5. The number of nitrogens with one attached hydrogen (secondary N) is 4. The number of rotatable bonds is 19. The van der Waals surface area contributed by atoms with Crippen molar-refractivity contribution in [2.24, 2.45) is 0 Å². The number of amides is 4. The van der Waals surface area contributed by atoms with Crippen LogP contribution in [0.1, 0.15) is 91.4 Å². The summed E-state index contributed by atoms with van der Waals surface area (Å²) in [6, 6.07) is 14.8. The number of methoxy groups -OCH3 is 1. The van der Waals surface area contributed by atoms with Crippen LogP contribution in [0, 0.1) is 0 Å². The Hall–Kier alpha value is -7.28. The molecule has 0 spiro atoms. The molecule has 9 rings (SSSR count). The molecule has 2 saturated heterocycles. The van der Waals surface area contributed by atoms with Gasteiger partial charge < -0.3 is 39.8 Å². The highest BCUT2D eigenvalue weighted by molar-refractivity contribution is 7.90. The van der Waals surface area contributed by atoms with Gasteiger partial charge in [0.15, 0.2) is 21.3 Å². The molecule has 4 aliphatic heterocycles. The van der Waals surface area contributed by atoms with Crippen molar-refractivity contribution in [3.63, 3.8) is 0 Å². The number of carbonyl (C=O) groups is 4. The van der Waals surface area contributed by atoms with Crippen molar-refractivity contribution in [2.45, 2.75) is 87.8 Å². The van der Waals surface area contributed by atoms with E-state index in [2.05, 4.69) is 55.0 Å². The summed E-state index contributed by atoms with van der Waals surface area (Å²) in [5.41, 5.74) is 1.22. The van der Waals surface area contributed by atoms with Crippen molar-refractivity contribution < 1.29 is 55.3 Å². The fourth-order valence-corrected chi connectivity index (χ4v) is 10.3. The van der Waals surface area contributed by atoms with E-state index in [0.29, 0.717) is 63.1 Å². The number of nitrogens with zero attached hydrogens (tertiary/aromatic N) is 7. The van der Waals surface area contributed by atoms with Gasteiger partial charge >= 0.3 is 12.3 Å². The number of benzene rings is 3. The predicted octanol–water partition coefficient (Wildman–Crippen LogP) is 6.59. The summed E-state index contributed by atoms with van der Waals surface area (Å²) in [5, 5.41) is 12.2. The van der Waals surface area contributed by atoms with Gasteiger partial charge in [-0.1, -0.05) is 23.7 Å². The quantitative estimate of drug-likeness (QED) is 0.0637. The first-order valence-corrected chi connectivity index (χ1v) is 26.7. The molecule has 2 fully saturated rings. The number of aromatic nitrogens is 4. The minimum atomic E-state index is -3.92. The van der Waals surface area contributed by atoms with E-state index < -0.39 is 57.4 Å². The van der Waals surface area contributed by atoms with Gasteiger partial charge in [-0.15, -0.1) is 8.78 Å². The van der Waals surface area contributed by atoms with Crippen LogP contribution in [0.25, 0.3) is 0 Å². The van der Waals surface area contributed by atoms with Gasteiger partial charge in [0.05, 0.1) is 56.9 Å². The van der Waals surface area contributed by atoms with Gasteiger partial charge in [-0.25, -0.2) is 8.42 Å². The molecular weight excluding hydrogens is 1030 g/mol. The van der Waals surface area contributed by atoms with E-state index in [1.807, 2.05) is 18.7 Å². The molecule has 0 aliphatic carbocycles. The van der Waals surface area contributed by atoms with Crippen molar-refractivity contribution in [1.82, 2.24) is 35.1 Å². The van der Waals surface area contributed by atoms with Crippen LogP contribution < -0.4 is 40.4 Å². The average Bonchev–Trinajstić information content (AvgIpc) is 3.82. The molecule has 6 heterocycles. The van der Waals surface area contributed by atoms with Gasteiger partial charge in [0.25, 0.3) is 11.8 Å². The lowest BCUT2D eigenvalue weighted by Gasteiger charge is -2.44. The highest BCUT2D eigenvalue weighted by atomic mass is 35.5. The number of hydrogen-bond donors (Lipinski definition) is 4. The molecule has 25 heteroatoms. The molecule has 3 aromatic carbocycles. The third kappa shape index (κ3) is 11.6. The molecular formula is C51H56ClF2N11O10S. The first kappa shape index (κ1) is 53.5. The topological polar surface area (TPSA) is 249 Å². The van der Waals surface area contributed by atoms with Gasteiger partial charge in [-0.2, -0.15) is 15.0 Å². The van der Waals surface area contributed by atoms with Crippen molar-refractivity contribution in [2.75, 3.05) is 73.5 Å². The molecule has 76 heavy (non-hydrogen) atoms. The first-order chi connectivity index (χ1) is 36.0. The fourth-order valence-electron chi connectivity index (χ4n) is 9.42. The maximum absolute atomic E-state index is 14.5. The normalized spacial score (nSPS) is 18.1. The third-order valence-corrected chi connectivity index (χ3v) is 15.1. The Morgan fingerprint density at radius 3 is 2.39 bits per heavy atom. The monoisotopic (exact) mass is 1090 g/mol. The summed E-state index contributed by atoms with van der Waals surface area (Å²) >= 11 is 6.66. The first-order valence-electron chi connectivity index (χ1n) is 24.4. The summed E-state index contributed by atoms with van der Waals surface area (Å²) in [5.74, 6) is -2.32. The number of piperidine rings is 1. The van der Waals surface area contributed by atoms with Crippen molar-refractivity contribution in [3.05, 3.63) is 100 Å². The number of ether oxygens (including phenoxy) is 4. The Morgan fingerprint density at radius 2 is 1.67 bits per heavy atom. The van der Waals surface area contributed by atoms with Crippen LogP contribution in [0.15, 0.2) is 77.8 Å². The van der Waals surface area contributed by atoms with Gasteiger partial charge in [-0.3, -0.25) is 39.3 Å². The van der Waals surface area contributed by atoms with Crippen LogP contribution in [-0.2, 0) is 24.2 Å². The van der Waals surface area contributed by atoms with Crippen LogP contribution in [0.4, 0.5) is 37.7 Å². The number of imide groups is 2. The van der Waals surface area contributed by atoms with Crippen molar-refractivity contribution in [1.29, 1.82) is 0 Å². The Morgan fingerprint density at radius 1 is 0.908 bits per heavy atom. The van der Waals surface area contributed by atoms with E-state index in [4.69, 9.17) is 35.5 Å². The minimum absolute atomic E-state index is 0.00712. The lowest BCUT2D eigenvalue weighted by molar-refractivity contribution is -0.287. The van der Waals surface area contributed by atoms with E-state index in [-0.39, 0.29) is 79.8 Å². The van der Waals surface area contributed by atoms with E-state index in [1.54, 1.807) is 36.4 Å². The van der Waals surface area contributed by atoms with Crippen LogP contribution >= 0.6 is 11.6 Å². The second-order valence-corrected chi connectivity index (χ2v) is 22.3. The number of alkyl halides is 2.